The highest BCUT2D eigenvalue weighted by molar-refractivity contribution is 5.99. The molecule has 0 aliphatic heterocycles. The molecule has 0 fully saturated rings. The van der Waals surface area contributed by atoms with Gasteiger partial charge in [-0.2, -0.15) is 0 Å². The number of ketones is 1. The lowest BCUT2D eigenvalue weighted by atomic mass is 10.1. The molecule has 1 amide bonds. The molecule has 1 aromatic rings. The van der Waals surface area contributed by atoms with E-state index in [4.69, 9.17) is 9.84 Å². The first-order valence-electron chi connectivity index (χ1n) is 5.77. The summed E-state index contributed by atoms with van der Waals surface area (Å²) in [6.45, 7) is 3.50. The van der Waals surface area contributed by atoms with Crippen molar-refractivity contribution in [3.05, 3.63) is 23.8 Å². The predicted octanol–water partition coefficient (Wildman–Crippen LogP) is 1.61. The average molecular weight is 251 g/mol. The second kappa shape index (κ2) is 6.76. The number of rotatable bonds is 6. The Balaban J connectivity index is 3.03. The number of ether oxygens (including phenoxy) is 1. The number of anilines is 1. The Labute approximate surface area is 106 Å². The Morgan fingerprint density at radius 3 is 2.67 bits per heavy atom. The van der Waals surface area contributed by atoms with Crippen molar-refractivity contribution in [1.82, 2.24) is 0 Å². The molecule has 98 valence electrons. The van der Waals surface area contributed by atoms with Gasteiger partial charge in [-0.25, -0.2) is 0 Å². The van der Waals surface area contributed by atoms with Gasteiger partial charge < -0.3 is 15.2 Å². The number of carbonyl (C=O) groups is 2. The first kappa shape index (κ1) is 14.2. The first-order valence-corrected chi connectivity index (χ1v) is 5.77. The first-order chi connectivity index (χ1) is 8.58. The number of amides is 1. The highest BCUT2D eigenvalue weighted by Crippen LogP contribution is 2.26. The number of aliphatic hydroxyl groups excluding tert-OH is 1. The van der Waals surface area contributed by atoms with E-state index in [1.54, 1.807) is 18.2 Å². The minimum absolute atomic E-state index is 0.0630. The highest BCUT2D eigenvalue weighted by atomic mass is 16.5. The van der Waals surface area contributed by atoms with Gasteiger partial charge in [-0.1, -0.05) is 0 Å². The van der Waals surface area contributed by atoms with E-state index in [1.807, 2.05) is 6.92 Å². The SMILES string of the molecule is CCOc1ccc(C(=O)CCO)cc1NC(C)=O. The molecule has 0 spiro atoms. The van der Waals surface area contributed by atoms with Crippen LogP contribution in [-0.2, 0) is 4.79 Å². The van der Waals surface area contributed by atoms with E-state index in [9.17, 15) is 9.59 Å². The van der Waals surface area contributed by atoms with E-state index in [2.05, 4.69) is 5.32 Å². The maximum absolute atomic E-state index is 11.6. The summed E-state index contributed by atoms with van der Waals surface area (Å²) in [5.74, 6) is 0.114. The van der Waals surface area contributed by atoms with Crippen LogP contribution in [0.15, 0.2) is 18.2 Å². The predicted molar refractivity (Wildman–Crippen MR) is 67.9 cm³/mol. The minimum Gasteiger partial charge on any atom is -0.492 e. The summed E-state index contributed by atoms with van der Waals surface area (Å²) in [6, 6.07) is 4.82. The van der Waals surface area contributed by atoms with Gasteiger partial charge in [-0.15, -0.1) is 0 Å². The van der Waals surface area contributed by atoms with Gasteiger partial charge >= 0.3 is 0 Å². The average Bonchev–Trinajstić information content (AvgIpc) is 2.31. The lowest BCUT2D eigenvalue weighted by Crippen LogP contribution is -2.10. The van der Waals surface area contributed by atoms with Gasteiger partial charge in [-0.3, -0.25) is 9.59 Å². The number of aliphatic hydroxyl groups is 1. The van der Waals surface area contributed by atoms with Gasteiger partial charge in [0.05, 0.1) is 18.9 Å². The molecule has 18 heavy (non-hydrogen) atoms. The number of hydrogen-bond donors (Lipinski definition) is 2. The third-order valence-corrected chi connectivity index (χ3v) is 2.25. The number of hydrogen-bond acceptors (Lipinski definition) is 4. The van der Waals surface area contributed by atoms with Gasteiger partial charge in [0.25, 0.3) is 0 Å². The van der Waals surface area contributed by atoms with E-state index >= 15 is 0 Å². The van der Waals surface area contributed by atoms with Gasteiger partial charge in [0.1, 0.15) is 5.75 Å². The molecule has 5 nitrogen and oxygen atoms in total. The molecule has 0 saturated carbocycles. The summed E-state index contributed by atoms with van der Waals surface area (Å²) >= 11 is 0. The number of benzene rings is 1. The van der Waals surface area contributed by atoms with Crippen LogP contribution in [0.2, 0.25) is 0 Å². The lowest BCUT2D eigenvalue weighted by Gasteiger charge is -2.11. The van der Waals surface area contributed by atoms with Gasteiger partial charge in [-0.05, 0) is 25.1 Å². The summed E-state index contributed by atoms with van der Waals surface area (Å²) in [5, 5.41) is 11.4. The quantitative estimate of drug-likeness (QED) is 0.753. The van der Waals surface area contributed by atoms with Gasteiger partial charge in [0.2, 0.25) is 5.91 Å². The summed E-state index contributed by atoms with van der Waals surface area (Å²) in [6.07, 6.45) is 0.0630. The third-order valence-electron chi connectivity index (χ3n) is 2.25. The molecule has 0 aromatic heterocycles. The molecule has 0 heterocycles. The van der Waals surface area contributed by atoms with Crippen molar-refractivity contribution in [3.8, 4) is 5.75 Å². The maximum Gasteiger partial charge on any atom is 0.221 e. The molecule has 1 rings (SSSR count). The van der Waals surface area contributed by atoms with Crippen molar-refractivity contribution < 1.29 is 19.4 Å². The van der Waals surface area contributed by atoms with E-state index in [-0.39, 0.29) is 24.7 Å². The van der Waals surface area contributed by atoms with E-state index in [1.165, 1.54) is 6.92 Å². The molecule has 5 heteroatoms. The standard InChI is InChI=1S/C13H17NO4/c1-3-18-13-5-4-10(12(17)6-7-15)8-11(13)14-9(2)16/h4-5,8,15H,3,6-7H2,1-2H3,(H,14,16). The normalized spacial score (nSPS) is 9.94. The fraction of sp³-hybridized carbons (Fsp3) is 0.385. The molecule has 0 bridgehead atoms. The zero-order valence-electron chi connectivity index (χ0n) is 10.5. The molecule has 1 aromatic carbocycles. The summed E-state index contributed by atoms with van der Waals surface area (Å²) in [7, 11) is 0. The zero-order valence-corrected chi connectivity index (χ0v) is 10.5. The Kier molecular flexibility index (Phi) is 5.32. The molecular weight excluding hydrogens is 234 g/mol. The summed E-state index contributed by atoms with van der Waals surface area (Å²) in [5.41, 5.74) is 0.907. The zero-order chi connectivity index (χ0) is 13.5. The smallest absolute Gasteiger partial charge is 0.221 e. The van der Waals surface area contributed by atoms with Crippen LogP contribution in [-0.4, -0.2) is 30.0 Å². The second-order valence-electron chi connectivity index (χ2n) is 3.72. The number of nitrogens with one attached hydrogen (secondary N) is 1. The molecule has 0 aliphatic carbocycles. The van der Waals surface area contributed by atoms with Crippen LogP contribution in [0.4, 0.5) is 5.69 Å². The summed E-state index contributed by atoms with van der Waals surface area (Å²) < 4.78 is 5.36. The van der Waals surface area contributed by atoms with E-state index < -0.39 is 0 Å². The van der Waals surface area contributed by atoms with E-state index in [0.717, 1.165) is 0 Å². The largest absolute Gasteiger partial charge is 0.492 e. The van der Waals surface area contributed by atoms with Crippen LogP contribution < -0.4 is 10.1 Å². The Bertz CT molecular complexity index is 443. The van der Waals surface area contributed by atoms with Crippen molar-refractivity contribution in [2.24, 2.45) is 0 Å². The summed E-state index contributed by atoms with van der Waals surface area (Å²) in [4.78, 5) is 22.7. The van der Waals surface area contributed by atoms with E-state index in [0.29, 0.717) is 23.6 Å². The van der Waals surface area contributed by atoms with Crippen molar-refractivity contribution in [3.63, 3.8) is 0 Å². The van der Waals surface area contributed by atoms with Crippen LogP contribution in [0.5, 0.6) is 5.75 Å². The second-order valence-corrected chi connectivity index (χ2v) is 3.72. The monoisotopic (exact) mass is 251 g/mol. The molecule has 0 saturated heterocycles. The fourth-order valence-corrected chi connectivity index (χ4v) is 1.52. The molecule has 0 aliphatic rings. The van der Waals surface area contributed by atoms with Gasteiger partial charge in [0, 0.05) is 18.9 Å². The van der Waals surface area contributed by atoms with Crippen molar-refractivity contribution in [1.29, 1.82) is 0 Å². The number of Topliss-reactive ketones (excluding diaryl/α,β-unsaturated/α-hetero) is 1. The fourth-order valence-electron chi connectivity index (χ4n) is 1.52. The highest BCUT2D eigenvalue weighted by Gasteiger charge is 2.11. The third kappa shape index (κ3) is 3.85. The van der Waals surface area contributed by atoms with Crippen LogP contribution in [0.3, 0.4) is 0 Å². The van der Waals surface area contributed by atoms with Crippen LogP contribution in [0.1, 0.15) is 30.6 Å². The Morgan fingerprint density at radius 2 is 2.11 bits per heavy atom. The molecular formula is C13H17NO4. The Hall–Kier alpha value is -1.88. The minimum atomic E-state index is -0.234. The van der Waals surface area contributed by atoms with Crippen LogP contribution in [0, 0.1) is 0 Å². The topological polar surface area (TPSA) is 75.6 Å². The van der Waals surface area contributed by atoms with Crippen molar-refractivity contribution in [2.75, 3.05) is 18.5 Å². The molecule has 0 unspecified atom stereocenters. The molecule has 0 radical (unpaired) electrons. The molecule has 2 N–H and O–H groups in total. The number of carbonyl (C=O) groups excluding carboxylic acids is 2. The molecule has 0 atom stereocenters. The Morgan fingerprint density at radius 1 is 1.39 bits per heavy atom. The van der Waals surface area contributed by atoms with Crippen molar-refractivity contribution in [2.45, 2.75) is 20.3 Å². The van der Waals surface area contributed by atoms with Gasteiger partial charge in [0.15, 0.2) is 5.78 Å². The lowest BCUT2D eigenvalue weighted by molar-refractivity contribution is -0.114. The van der Waals surface area contributed by atoms with Crippen LogP contribution in [0.25, 0.3) is 0 Å². The van der Waals surface area contributed by atoms with Crippen molar-refractivity contribution >= 4 is 17.4 Å². The van der Waals surface area contributed by atoms with Crippen LogP contribution >= 0.6 is 0 Å². The maximum atomic E-state index is 11.6.